The van der Waals surface area contributed by atoms with Crippen molar-refractivity contribution in [2.75, 3.05) is 13.1 Å². The topological polar surface area (TPSA) is 62.3 Å². The van der Waals surface area contributed by atoms with Crippen LogP contribution in [0.15, 0.2) is 42.6 Å². The van der Waals surface area contributed by atoms with Gasteiger partial charge >= 0.3 is 0 Å². The van der Waals surface area contributed by atoms with Crippen molar-refractivity contribution >= 4 is 11.8 Å². The third-order valence-corrected chi connectivity index (χ3v) is 5.59. The van der Waals surface area contributed by atoms with Gasteiger partial charge in [0.15, 0.2) is 0 Å². The number of hydrogen-bond donors (Lipinski definition) is 1. The highest BCUT2D eigenvalue weighted by Gasteiger charge is 2.29. The largest absolute Gasteiger partial charge is 0.353 e. The first-order valence-corrected chi connectivity index (χ1v) is 10.1. The van der Waals surface area contributed by atoms with Gasteiger partial charge in [-0.1, -0.05) is 31.2 Å². The smallest absolute Gasteiger partial charge is 0.256 e. The lowest BCUT2D eigenvalue weighted by Gasteiger charge is -2.32. The number of carbonyl (C=O) groups is 2. The van der Waals surface area contributed by atoms with Crippen molar-refractivity contribution in [2.45, 2.75) is 46.1 Å². The van der Waals surface area contributed by atoms with Crippen LogP contribution in [0.2, 0.25) is 0 Å². The number of piperidine rings is 1. The molecule has 1 aliphatic rings. The van der Waals surface area contributed by atoms with Crippen LogP contribution in [-0.4, -0.2) is 40.8 Å². The van der Waals surface area contributed by atoms with Crippen molar-refractivity contribution in [3.05, 3.63) is 53.7 Å². The molecule has 2 heterocycles. The van der Waals surface area contributed by atoms with Crippen LogP contribution >= 0.6 is 0 Å². The van der Waals surface area contributed by atoms with E-state index in [2.05, 4.69) is 17.2 Å². The van der Waals surface area contributed by atoms with Gasteiger partial charge in [-0.2, -0.15) is 0 Å². The molecule has 0 aliphatic carbocycles. The molecule has 1 fully saturated rings. The molecule has 0 spiro atoms. The first-order valence-electron chi connectivity index (χ1n) is 10.1. The molecule has 0 bridgehead atoms. The molecule has 0 unspecified atom stereocenters. The van der Waals surface area contributed by atoms with E-state index < -0.39 is 0 Å². The van der Waals surface area contributed by atoms with Crippen molar-refractivity contribution in [1.29, 1.82) is 0 Å². The van der Waals surface area contributed by atoms with Crippen LogP contribution in [0.1, 0.15) is 49.0 Å². The zero-order valence-electron chi connectivity index (χ0n) is 16.9. The molecule has 28 heavy (non-hydrogen) atoms. The highest BCUT2D eigenvalue weighted by atomic mass is 16.2. The highest BCUT2D eigenvalue weighted by molar-refractivity contribution is 6.00. The summed E-state index contributed by atoms with van der Waals surface area (Å²) in [6, 6.07) is 11.8. The number of carbonyl (C=O) groups excluding carboxylic acids is 2. The molecule has 2 amide bonds. The quantitative estimate of drug-likeness (QED) is 0.859. The Morgan fingerprint density at radius 2 is 1.89 bits per heavy atom. The zero-order valence-corrected chi connectivity index (χ0v) is 16.9. The molecule has 5 nitrogen and oxygen atoms in total. The number of nitrogens with one attached hydrogen (secondary N) is 1. The van der Waals surface area contributed by atoms with Gasteiger partial charge in [0.2, 0.25) is 5.91 Å². The van der Waals surface area contributed by atoms with Gasteiger partial charge in [-0.3, -0.25) is 14.6 Å². The first kappa shape index (κ1) is 20.1. The maximum Gasteiger partial charge on any atom is 0.256 e. The summed E-state index contributed by atoms with van der Waals surface area (Å²) in [6.07, 6.45) is 4.05. The number of hydrogen-bond acceptors (Lipinski definition) is 3. The predicted octanol–water partition coefficient (Wildman–Crippen LogP) is 3.82. The number of benzene rings is 1. The SMILES string of the molecule is CC[C@@H](C)NC(=O)C1CCN(C(=O)c2cccnc2-c2ccccc2C)CC1. The fourth-order valence-corrected chi connectivity index (χ4v) is 3.61. The molecule has 3 rings (SSSR count). The Morgan fingerprint density at radius 3 is 2.57 bits per heavy atom. The minimum absolute atomic E-state index is 0.00728. The zero-order chi connectivity index (χ0) is 20.1. The summed E-state index contributed by atoms with van der Waals surface area (Å²) in [4.78, 5) is 31.9. The van der Waals surface area contributed by atoms with Crippen LogP contribution in [0.3, 0.4) is 0 Å². The standard InChI is InChI=1S/C23H29N3O2/c1-4-17(3)25-22(27)18-11-14-26(15-12-18)23(28)20-10-7-13-24-21(20)19-9-6-5-8-16(19)2/h5-10,13,17-18H,4,11-12,14-15H2,1-3H3,(H,25,27)/t17-/m1/s1. The van der Waals surface area contributed by atoms with Gasteiger partial charge in [-0.25, -0.2) is 0 Å². The second kappa shape index (κ2) is 9.00. The second-order valence-electron chi connectivity index (χ2n) is 7.60. The maximum atomic E-state index is 13.2. The van der Waals surface area contributed by atoms with E-state index in [1.807, 2.05) is 49.1 Å². The average molecular weight is 380 g/mol. The summed E-state index contributed by atoms with van der Waals surface area (Å²) in [7, 11) is 0. The van der Waals surface area contributed by atoms with Gasteiger partial charge in [0, 0.05) is 36.8 Å². The van der Waals surface area contributed by atoms with Gasteiger partial charge < -0.3 is 10.2 Å². The number of aromatic nitrogens is 1. The Balaban J connectivity index is 1.72. The molecule has 1 aromatic carbocycles. The summed E-state index contributed by atoms with van der Waals surface area (Å²) in [5.41, 5.74) is 3.42. The van der Waals surface area contributed by atoms with E-state index in [1.54, 1.807) is 12.3 Å². The molecule has 148 valence electrons. The van der Waals surface area contributed by atoms with Crippen LogP contribution in [-0.2, 0) is 4.79 Å². The van der Waals surface area contributed by atoms with Gasteiger partial charge in [-0.15, -0.1) is 0 Å². The van der Waals surface area contributed by atoms with Gasteiger partial charge in [0.25, 0.3) is 5.91 Å². The number of nitrogens with zero attached hydrogens (tertiary/aromatic N) is 2. The number of aryl methyl sites for hydroxylation is 1. The van der Waals surface area contributed by atoms with Crippen molar-refractivity contribution in [2.24, 2.45) is 5.92 Å². The second-order valence-corrected chi connectivity index (χ2v) is 7.60. The molecule has 5 heteroatoms. The van der Waals surface area contributed by atoms with Crippen LogP contribution in [0, 0.1) is 12.8 Å². The van der Waals surface area contributed by atoms with Crippen LogP contribution in [0.5, 0.6) is 0 Å². The Morgan fingerprint density at radius 1 is 1.18 bits per heavy atom. The summed E-state index contributed by atoms with van der Waals surface area (Å²) >= 11 is 0. The van der Waals surface area contributed by atoms with E-state index in [1.165, 1.54) is 0 Å². The van der Waals surface area contributed by atoms with Crippen LogP contribution < -0.4 is 5.32 Å². The summed E-state index contributed by atoms with van der Waals surface area (Å²) in [6.45, 7) is 7.30. The molecule has 2 aromatic rings. The minimum atomic E-state index is -0.0113. The Hall–Kier alpha value is -2.69. The van der Waals surface area contributed by atoms with E-state index in [-0.39, 0.29) is 23.8 Å². The maximum absolute atomic E-state index is 13.2. The predicted molar refractivity (Wildman–Crippen MR) is 111 cm³/mol. The Kier molecular flexibility index (Phi) is 6.45. The lowest BCUT2D eigenvalue weighted by molar-refractivity contribution is -0.126. The molecule has 1 saturated heterocycles. The minimum Gasteiger partial charge on any atom is -0.353 e. The van der Waals surface area contributed by atoms with E-state index in [4.69, 9.17) is 0 Å². The van der Waals surface area contributed by atoms with Gasteiger partial charge in [0.1, 0.15) is 0 Å². The highest BCUT2D eigenvalue weighted by Crippen LogP contribution is 2.27. The van der Waals surface area contributed by atoms with Crippen molar-refractivity contribution in [3.63, 3.8) is 0 Å². The fourth-order valence-electron chi connectivity index (χ4n) is 3.61. The number of amides is 2. The summed E-state index contributed by atoms with van der Waals surface area (Å²) < 4.78 is 0. The fraction of sp³-hybridized carbons (Fsp3) is 0.435. The van der Waals surface area contributed by atoms with Crippen molar-refractivity contribution < 1.29 is 9.59 Å². The number of pyridine rings is 1. The third kappa shape index (κ3) is 4.41. The summed E-state index contributed by atoms with van der Waals surface area (Å²) in [5, 5.41) is 3.06. The normalized spacial score (nSPS) is 15.9. The Labute approximate surface area is 167 Å². The molecule has 1 aromatic heterocycles. The van der Waals surface area contributed by atoms with Crippen LogP contribution in [0.4, 0.5) is 0 Å². The lowest BCUT2D eigenvalue weighted by Crippen LogP contribution is -2.44. The van der Waals surface area contributed by atoms with Gasteiger partial charge in [0.05, 0.1) is 11.3 Å². The molecule has 1 aliphatic heterocycles. The molecule has 1 atom stereocenters. The Bertz CT molecular complexity index is 841. The molecular formula is C23H29N3O2. The monoisotopic (exact) mass is 379 g/mol. The molecule has 1 N–H and O–H groups in total. The number of likely N-dealkylation sites (tertiary alicyclic amines) is 1. The van der Waals surface area contributed by atoms with E-state index >= 15 is 0 Å². The van der Waals surface area contributed by atoms with Gasteiger partial charge in [-0.05, 0) is 50.8 Å². The van der Waals surface area contributed by atoms with Crippen molar-refractivity contribution in [1.82, 2.24) is 15.2 Å². The average Bonchev–Trinajstić information content (AvgIpc) is 2.73. The molecule has 0 saturated carbocycles. The first-order chi connectivity index (χ1) is 13.5. The summed E-state index contributed by atoms with van der Waals surface area (Å²) in [5.74, 6) is 0.0957. The molecular weight excluding hydrogens is 350 g/mol. The van der Waals surface area contributed by atoms with Crippen molar-refractivity contribution in [3.8, 4) is 11.3 Å². The molecule has 0 radical (unpaired) electrons. The van der Waals surface area contributed by atoms with E-state index in [9.17, 15) is 9.59 Å². The number of rotatable bonds is 5. The van der Waals surface area contributed by atoms with E-state index in [0.717, 1.165) is 23.2 Å². The van der Waals surface area contributed by atoms with E-state index in [0.29, 0.717) is 31.5 Å². The lowest BCUT2D eigenvalue weighted by atomic mass is 9.94. The third-order valence-electron chi connectivity index (χ3n) is 5.59. The van der Waals surface area contributed by atoms with Crippen LogP contribution in [0.25, 0.3) is 11.3 Å².